The van der Waals surface area contributed by atoms with E-state index in [0.29, 0.717) is 5.92 Å². The van der Waals surface area contributed by atoms with Crippen LogP contribution in [0.1, 0.15) is 49.4 Å². The molecule has 0 atom stereocenters. The number of hydrogen-bond acceptors (Lipinski definition) is 2. The fraction of sp³-hybridized carbons (Fsp3) is 0.467. The van der Waals surface area contributed by atoms with Crippen LogP contribution in [0.25, 0.3) is 11.4 Å². The summed E-state index contributed by atoms with van der Waals surface area (Å²) < 4.78 is 0. The van der Waals surface area contributed by atoms with Gasteiger partial charge in [-0.25, -0.2) is 4.98 Å². The average molecular weight is 276 g/mol. The summed E-state index contributed by atoms with van der Waals surface area (Å²) in [6, 6.07) is 5.92. The third-order valence-electron chi connectivity index (χ3n) is 3.91. The molecule has 0 aliphatic heterocycles. The molecule has 0 saturated heterocycles. The zero-order valence-corrected chi connectivity index (χ0v) is 11.9. The second kappa shape index (κ2) is 5.33. The molecule has 0 radical (unpaired) electrons. The highest BCUT2D eigenvalue weighted by Crippen LogP contribution is 2.31. The molecule has 0 amide bonds. The minimum absolute atomic E-state index is 0.559. The molecular weight excluding hydrogens is 258 g/mol. The summed E-state index contributed by atoms with van der Waals surface area (Å²) in [6.45, 7) is 2.00. The molecule has 4 heteroatoms. The SMILES string of the molecule is Cc1cc(-c2n[nH]c(C3CCCCC3)n2)ccc1Cl. The van der Waals surface area contributed by atoms with E-state index in [0.717, 1.165) is 27.8 Å². The Morgan fingerprint density at radius 2 is 2.00 bits per heavy atom. The number of aromatic amines is 1. The van der Waals surface area contributed by atoms with E-state index in [1.54, 1.807) is 0 Å². The third kappa shape index (κ3) is 2.66. The van der Waals surface area contributed by atoms with E-state index in [-0.39, 0.29) is 0 Å². The number of hydrogen-bond donors (Lipinski definition) is 1. The van der Waals surface area contributed by atoms with Crippen LogP contribution < -0.4 is 0 Å². The maximum atomic E-state index is 6.05. The number of H-pyrrole nitrogens is 1. The summed E-state index contributed by atoms with van der Waals surface area (Å²) in [5, 5.41) is 8.25. The molecular formula is C15H18ClN3. The van der Waals surface area contributed by atoms with Gasteiger partial charge in [0.1, 0.15) is 5.82 Å². The van der Waals surface area contributed by atoms with E-state index in [4.69, 9.17) is 11.6 Å². The minimum atomic E-state index is 0.559. The number of rotatable bonds is 2. The first-order valence-electron chi connectivity index (χ1n) is 6.93. The van der Waals surface area contributed by atoms with Gasteiger partial charge in [0, 0.05) is 16.5 Å². The van der Waals surface area contributed by atoms with Gasteiger partial charge < -0.3 is 0 Å². The van der Waals surface area contributed by atoms with Gasteiger partial charge in [-0.15, -0.1) is 0 Å². The van der Waals surface area contributed by atoms with Crippen molar-refractivity contribution in [2.24, 2.45) is 0 Å². The van der Waals surface area contributed by atoms with Gasteiger partial charge >= 0.3 is 0 Å². The van der Waals surface area contributed by atoms with Crippen molar-refractivity contribution in [2.45, 2.75) is 44.9 Å². The molecule has 3 nitrogen and oxygen atoms in total. The number of benzene rings is 1. The molecule has 1 fully saturated rings. The second-order valence-corrected chi connectivity index (χ2v) is 5.75. The fourth-order valence-corrected chi connectivity index (χ4v) is 2.86. The number of aromatic nitrogens is 3. The van der Waals surface area contributed by atoms with Crippen molar-refractivity contribution >= 4 is 11.6 Å². The van der Waals surface area contributed by atoms with Crippen LogP contribution in [0.2, 0.25) is 5.02 Å². The van der Waals surface area contributed by atoms with Gasteiger partial charge in [0.2, 0.25) is 0 Å². The number of halogens is 1. The summed E-state index contributed by atoms with van der Waals surface area (Å²) in [6.07, 6.45) is 6.43. The summed E-state index contributed by atoms with van der Waals surface area (Å²) in [5.74, 6) is 2.38. The Kier molecular flexibility index (Phi) is 3.56. The van der Waals surface area contributed by atoms with Crippen molar-refractivity contribution in [1.29, 1.82) is 0 Å². The van der Waals surface area contributed by atoms with E-state index in [1.807, 2.05) is 25.1 Å². The molecule has 1 aromatic carbocycles. The van der Waals surface area contributed by atoms with Crippen LogP contribution in [-0.4, -0.2) is 15.2 Å². The fourth-order valence-electron chi connectivity index (χ4n) is 2.75. The van der Waals surface area contributed by atoms with E-state index in [9.17, 15) is 0 Å². The lowest BCUT2D eigenvalue weighted by atomic mass is 9.89. The molecule has 1 aliphatic carbocycles. The standard InChI is InChI=1S/C15H18ClN3/c1-10-9-12(7-8-13(10)16)15-17-14(18-19-15)11-5-3-2-4-6-11/h7-9,11H,2-6H2,1H3,(H,17,18,19). The molecule has 1 heterocycles. The first-order chi connectivity index (χ1) is 9.24. The molecule has 0 spiro atoms. The van der Waals surface area contributed by atoms with E-state index < -0.39 is 0 Å². The monoisotopic (exact) mass is 275 g/mol. The van der Waals surface area contributed by atoms with Crippen molar-refractivity contribution in [3.8, 4) is 11.4 Å². The Morgan fingerprint density at radius 1 is 1.21 bits per heavy atom. The lowest BCUT2D eigenvalue weighted by Gasteiger charge is -2.18. The normalized spacial score (nSPS) is 16.7. The zero-order chi connectivity index (χ0) is 13.2. The molecule has 2 aromatic rings. The first-order valence-corrected chi connectivity index (χ1v) is 7.30. The number of nitrogens with zero attached hydrogens (tertiary/aromatic N) is 2. The van der Waals surface area contributed by atoms with Crippen LogP contribution in [0, 0.1) is 6.92 Å². The first kappa shape index (κ1) is 12.7. The van der Waals surface area contributed by atoms with Crippen LogP contribution in [0.15, 0.2) is 18.2 Å². The van der Waals surface area contributed by atoms with Crippen LogP contribution in [0.5, 0.6) is 0 Å². The maximum Gasteiger partial charge on any atom is 0.181 e. The Labute approximate surface area is 118 Å². The summed E-state index contributed by atoms with van der Waals surface area (Å²) in [4.78, 5) is 4.67. The van der Waals surface area contributed by atoms with Gasteiger partial charge in [-0.05, 0) is 43.5 Å². The summed E-state index contributed by atoms with van der Waals surface area (Å²) in [5.41, 5.74) is 2.09. The van der Waals surface area contributed by atoms with Gasteiger partial charge in [0.05, 0.1) is 0 Å². The molecule has 0 bridgehead atoms. The lowest BCUT2D eigenvalue weighted by molar-refractivity contribution is 0.429. The van der Waals surface area contributed by atoms with Gasteiger partial charge in [-0.1, -0.05) is 30.9 Å². The van der Waals surface area contributed by atoms with Crippen LogP contribution >= 0.6 is 11.6 Å². The van der Waals surface area contributed by atoms with Crippen LogP contribution in [-0.2, 0) is 0 Å². The highest BCUT2D eigenvalue weighted by atomic mass is 35.5. The van der Waals surface area contributed by atoms with E-state index in [1.165, 1.54) is 32.1 Å². The Balaban J connectivity index is 1.85. The highest BCUT2D eigenvalue weighted by molar-refractivity contribution is 6.31. The molecule has 100 valence electrons. The number of nitrogens with one attached hydrogen (secondary N) is 1. The topological polar surface area (TPSA) is 41.6 Å². The van der Waals surface area contributed by atoms with Gasteiger partial charge in [-0.2, -0.15) is 5.10 Å². The predicted octanol–water partition coefficient (Wildman–Crippen LogP) is 4.48. The predicted molar refractivity (Wildman–Crippen MR) is 77.4 cm³/mol. The smallest absolute Gasteiger partial charge is 0.181 e. The van der Waals surface area contributed by atoms with Crippen molar-refractivity contribution < 1.29 is 0 Å². The van der Waals surface area contributed by atoms with Gasteiger partial charge in [-0.3, -0.25) is 5.10 Å². The van der Waals surface area contributed by atoms with E-state index in [2.05, 4.69) is 15.2 Å². The Morgan fingerprint density at radius 3 is 2.74 bits per heavy atom. The highest BCUT2D eigenvalue weighted by Gasteiger charge is 2.19. The molecule has 1 aromatic heterocycles. The Hall–Kier alpha value is -1.35. The summed E-state index contributed by atoms with van der Waals surface area (Å²) in [7, 11) is 0. The maximum absolute atomic E-state index is 6.05. The Bertz CT molecular complexity index is 571. The minimum Gasteiger partial charge on any atom is -0.262 e. The lowest BCUT2D eigenvalue weighted by Crippen LogP contribution is -2.06. The molecule has 19 heavy (non-hydrogen) atoms. The average Bonchev–Trinajstić information content (AvgIpc) is 2.93. The third-order valence-corrected chi connectivity index (χ3v) is 4.33. The van der Waals surface area contributed by atoms with Crippen molar-refractivity contribution in [3.63, 3.8) is 0 Å². The molecule has 3 rings (SSSR count). The van der Waals surface area contributed by atoms with Crippen molar-refractivity contribution in [1.82, 2.24) is 15.2 Å². The van der Waals surface area contributed by atoms with Crippen molar-refractivity contribution in [2.75, 3.05) is 0 Å². The molecule has 1 aliphatic rings. The van der Waals surface area contributed by atoms with Gasteiger partial charge in [0.25, 0.3) is 0 Å². The molecule has 1 saturated carbocycles. The van der Waals surface area contributed by atoms with E-state index >= 15 is 0 Å². The molecule has 1 N–H and O–H groups in total. The second-order valence-electron chi connectivity index (χ2n) is 5.34. The van der Waals surface area contributed by atoms with Crippen LogP contribution in [0.3, 0.4) is 0 Å². The van der Waals surface area contributed by atoms with Crippen molar-refractivity contribution in [3.05, 3.63) is 34.6 Å². The largest absolute Gasteiger partial charge is 0.262 e. The summed E-state index contributed by atoms with van der Waals surface area (Å²) >= 11 is 6.05. The van der Waals surface area contributed by atoms with Crippen LogP contribution in [0.4, 0.5) is 0 Å². The number of aryl methyl sites for hydroxylation is 1. The van der Waals surface area contributed by atoms with Gasteiger partial charge in [0.15, 0.2) is 5.82 Å². The molecule has 0 unspecified atom stereocenters. The quantitative estimate of drug-likeness (QED) is 0.878. The zero-order valence-electron chi connectivity index (χ0n) is 11.1.